The molecule has 0 aliphatic carbocycles. The first-order valence-corrected chi connectivity index (χ1v) is 8.96. The molecule has 5 nitrogen and oxygen atoms in total. The van der Waals surface area contributed by atoms with Crippen molar-refractivity contribution in [3.05, 3.63) is 71.8 Å². The third-order valence-electron chi connectivity index (χ3n) is 2.80. The molecule has 124 valence electrons. The van der Waals surface area contributed by atoms with Gasteiger partial charge in [-0.1, -0.05) is 60.7 Å². The van der Waals surface area contributed by atoms with Gasteiger partial charge < -0.3 is 5.32 Å². The Bertz CT molecular complexity index is 677. The van der Waals surface area contributed by atoms with Gasteiger partial charge in [-0.3, -0.25) is 9.35 Å². The quantitative estimate of drug-likeness (QED) is 0.481. The summed E-state index contributed by atoms with van der Waals surface area (Å²) in [6.07, 6.45) is 1.25. The smallest absolute Gasteiger partial charge is 0.261 e. The van der Waals surface area contributed by atoms with Gasteiger partial charge in [-0.25, -0.2) is 0 Å². The highest BCUT2D eigenvalue weighted by Gasteiger charge is 2.03. The molecule has 2 aromatic rings. The zero-order valence-electron chi connectivity index (χ0n) is 13.0. The Kier molecular flexibility index (Phi) is 8.18. The molecule has 0 bridgehead atoms. The van der Waals surface area contributed by atoms with Crippen LogP contribution in [-0.4, -0.2) is 31.6 Å². The van der Waals surface area contributed by atoms with Crippen LogP contribution in [0.5, 0.6) is 0 Å². The van der Waals surface area contributed by atoms with Gasteiger partial charge in [0.1, 0.15) is 0 Å². The second kappa shape index (κ2) is 9.89. The minimum atomic E-state index is -3.67. The molecule has 6 heteroatoms. The van der Waals surface area contributed by atoms with Gasteiger partial charge in [0.2, 0.25) is 0 Å². The van der Waals surface area contributed by atoms with Crippen LogP contribution in [0.2, 0.25) is 0 Å². The molecule has 0 amide bonds. The summed E-state index contributed by atoms with van der Waals surface area (Å²) in [5, 5.41) is 3.28. The zero-order chi connectivity index (χ0) is 17.1. The highest BCUT2D eigenvalue weighted by molar-refractivity contribution is 7.85. The van der Waals surface area contributed by atoms with Crippen LogP contribution < -0.4 is 5.32 Å². The number of carbonyl (C=O) groups is 1. The summed E-state index contributed by atoms with van der Waals surface area (Å²) in [5.41, 5.74) is 2.03. The summed E-state index contributed by atoms with van der Waals surface area (Å²) in [6.45, 7) is 1.52. The molecular weight excluding hydrogens is 314 g/mol. The maximum Gasteiger partial charge on any atom is 0.261 e. The average molecular weight is 335 g/mol. The van der Waals surface area contributed by atoms with E-state index in [1.54, 1.807) is 0 Å². The lowest BCUT2D eigenvalue weighted by molar-refractivity contribution is 0.0982. The summed E-state index contributed by atoms with van der Waals surface area (Å²) in [6, 6.07) is 19.6. The Morgan fingerprint density at radius 1 is 1.00 bits per heavy atom. The SMILES string of the molecule is CS(=O)(=O)O.O=C(CCNCc1ccccc1)c1ccccc1. The molecule has 0 saturated carbocycles. The fourth-order valence-corrected chi connectivity index (χ4v) is 1.80. The second-order valence-corrected chi connectivity index (χ2v) is 6.40. The van der Waals surface area contributed by atoms with Gasteiger partial charge in [0.25, 0.3) is 10.1 Å². The summed E-state index contributed by atoms with van der Waals surface area (Å²) >= 11 is 0. The van der Waals surface area contributed by atoms with Crippen LogP contribution in [0.25, 0.3) is 0 Å². The third-order valence-corrected chi connectivity index (χ3v) is 2.80. The number of nitrogens with one attached hydrogen (secondary N) is 1. The Morgan fingerprint density at radius 2 is 1.48 bits per heavy atom. The maximum atomic E-state index is 11.8. The number of hydrogen-bond acceptors (Lipinski definition) is 4. The standard InChI is InChI=1S/C16H17NO.CH4O3S/c18-16(15-9-5-2-6-10-15)11-12-17-13-14-7-3-1-4-8-14;1-5(2,3)4/h1-10,17H,11-13H2;1H3,(H,2,3,4). The molecule has 0 atom stereocenters. The van der Waals surface area contributed by atoms with Crippen molar-refractivity contribution < 1.29 is 17.8 Å². The number of benzene rings is 2. The number of carbonyl (C=O) groups excluding carboxylic acids is 1. The molecule has 0 saturated heterocycles. The largest absolute Gasteiger partial charge is 0.312 e. The Labute approximate surface area is 137 Å². The molecule has 0 heterocycles. The van der Waals surface area contributed by atoms with E-state index in [1.165, 1.54) is 5.56 Å². The van der Waals surface area contributed by atoms with Crippen molar-refractivity contribution in [1.29, 1.82) is 0 Å². The first-order chi connectivity index (χ1) is 10.9. The highest BCUT2D eigenvalue weighted by Crippen LogP contribution is 2.02. The molecule has 0 spiro atoms. The summed E-state index contributed by atoms with van der Waals surface area (Å²) in [4.78, 5) is 11.8. The Hall–Kier alpha value is -2.02. The van der Waals surface area contributed by atoms with E-state index >= 15 is 0 Å². The van der Waals surface area contributed by atoms with Crippen LogP contribution in [-0.2, 0) is 16.7 Å². The average Bonchev–Trinajstić information content (AvgIpc) is 2.52. The summed E-state index contributed by atoms with van der Waals surface area (Å²) in [5.74, 6) is 0.191. The van der Waals surface area contributed by atoms with Gasteiger partial charge in [0, 0.05) is 25.1 Å². The minimum absolute atomic E-state index is 0.191. The lowest BCUT2D eigenvalue weighted by Gasteiger charge is -2.04. The number of hydrogen-bond donors (Lipinski definition) is 2. The Morgan fingerprint density at radius 3 is 2.00 bits per heavy atom. The second-order valence-electron chi connectivity index (χ2n) is 4.93. The molecule has 0 aromatic heterocycles. The number of ketones is 1. The van der Waals surface area contributed by atoms with E-state index in [4.69, 9.17) is 4.55 Å². The van der Waals surface area contributed by atoms with Crippen molar-refractivity contribution in [2.24, 2.45) is 0 Å². The van der Waals surface area contributed by atoms with Crippen LogP contribution in [0.15, 0.2) is 60.7 Å². The van der Waals surface area contributed by atoms with Gasteiger partial charge in [-0.2, -0.15) is 8.42 Å². The fourth-order valence-electron chi connectivity index (χ4n) is 1.80. The van der Waals surface area contributed by atoms with Crippen LogP contribution >= 0.6 is 0 Å². The predicted octanol–water partition coefficient (Wildman–Crippen LogP) is 2.55. The normalized spacial score (nSPS) is 10.5. The van der Waals surface area contributed by atoms with Crippen LogP contribution in [0.3, 0.4) is 0 Å². The van der Waals surface area contributed by atoms with Crippen molar-refractivity contribution in [1.82, 2.24) is 5.32 Å². The van der Waals surface area contributed by atoms with Crippen molar-refractivity contribution >= 4 is 15.9 Å². The van der Waals surface area contributed by atoms with E-state index in [1.807, 2.05) is 48.5 Å². The molecule has 0 aliphatic rings. The fraction of sp³-hybridized carbons (Fsp3) is 0.235. The lowest BCUT2D eigenvalue weighted by atomic mass is 10.1. The molecule has 0 unspecified atom stereocenters. The summed E-state index contributed by atoms with van der Waals surface area (Å²) in [7, 11) is -3.67. The highest BCUT2D eigenvalue weighted by atomic mass is 32.2. The van der Waals surface area contributed by atoms with E-state index < -0.39 is 10.1 Å². The molecule has 0 radical (unpaired) electrons. The lowest BCUT2D eigenvalue weighted by Crippen LogP contribution is -2.17. The van der Waals surface area contributed by atoms with E-state index in [0.29, 0.717) is 19.2 Å². The molecule has 0 aliphatic heterocycles. The van der Waals surface area contributed by atoms with Gasteiger partial charge in [-0.05, 0) is 5.56 Å². The van der Waals surface area contributed by atoms with E-state index in [0.717, 1.165) is 12.1 Å². The molecular formula is C17H21NO4S. The van der Waals surface area contributed by atoms with Crippen molar-refractivity contribution in [2.45, 2.75) is 13.0 Å². The van der Waals surface area contributed by atoms with Crippen LogP contribution in [0, 0.1) is 0 Å². The first-order valence-electron chi connectivity index (χ1n) is 7.11. The van der Waals surface area contributed by atoms with E-state index in [2.05, 4.69) is 17.4 Å². The predicted molar refractivity (Wildman–Crippen MR) is 91.0 cm³/mol. The van der Waals surface area contributed by atoms with Crippen molar-refractivity contribution in [3.63, 3.8) is 0 Å². The van der Waals surface area contributed by atoms with Crippen LogP contribution in [0.1, 0.15) is 22.3 Å². The summed E-state index contributed by atoms with van der Waals surface area (Å²) < 4.78 is 25.9. The molecule has 2 N–H and O–H groups in total. The molecule has 2 rings (SSSR count). The van der Waals surface area contributed by atoms with E-state index in [9.17, 15) is 13.2 Å². The number of rotatable bonds is 6. The molecule has 0 fully saturated rings. The van der Waals surface area contributed by atoms with Crippen LogP contribution in [0.4, 0.5) is 0 Å². The van der Waals surface area contributed by atoms with Gasteiger partial charge >= 0.3 is 0 Å². The van der Waals surface area contributed by atoms with Gasteiger partial charge in [-0.15, -0.1) is 0 Å². The minimum Gasteiger partial charge on any atom is -0.312 e. The number of Topliss-reactive ketones (excluding diaryl/α,β-unsaturated/α-hetero) is 1. The topological polar surface area (TPSA) is 83.5 Å². The van der Waals surface area contributed by atoms with E-state index in [-0.39, 0.29) is 5.78 Å². The van der Waals surface area contributed by atoms with Gasteiger partial charge in [0.15, 0.2) is 5.78 Å². The molecule has 23 heavy (non-hydrogen) atoms. The van der Waals surface area contributed by atoms with Crippen molar-refractivity contribution in [2.75, 3.05) is 12.8 Å². The maximum absolute atomic E-state index is 11.8. The first kappa shape index (κ1) is 19.0. The monoisotopic (exact) mass is 335 g/mol. The Balaban J connectivity index is 0.000000463. The molecule has 2 aromatic carbocycles. The van der Waals surface area contributed by atoms with Gasteiger partial charge in [0.05, 0.1) is 6.26 Å². The third kappa shape index (κ3) is 10.4. The van der Waals surface area contributed by atoms with Crippen molar-refractivity contribution in [3.8, 4) is 0 Å². The zero-order valence-corrected chi connectivity index (χ0v) is 13.8.